The first-order chi connectivity index (χ1) is 30.3. The molecule has 2 atom stereocenters. The van der Waals surface area contributed by atoms with Crippen molar-refractivity contribution in [1.82, 2.24) is 0 Å². The van der Waals surface area contributed by atoms with Crippen LogP contribution in [-0.4, -0.2) is 0 Å². The zero-order chi connectivity index (χ0) is 42.2. The molecule has 1 heteroatoms. The van der Waals surface area contributed by atoms with Gasteiger partial charge in [-0.05, 0) is 128 Å². The molecule has 0 aromatic heterocycles. The van der Waals surface area contributed by atoms with Crippen molar-refractivity contribution in [3.63, 3.8) is 0 Å². The van der Waals surface area contributed by atoms with Gasteiger partial charge in [0.1, 0.15) is 0 Å². The Labute approximate surface area is 366 Å². The summed E-state index contributed by atoms with van der Waals surface area (Å²) in [4.78, 5) is 2.52. The SMILES string of the molecule is C=C/C=C\C=C(/C)C1(c2ccccc2)c2ccccc2-c2ccc(N(c3ccc4c(c3)C(C)(C)c3ccccc3-4)c3ccc4c(c3)C(C)(c3ccccc3)c3ccccc3-4)cc21. The number of nitrogens with zero attached hydrogens (tertiary/aromatic N) is 1. The topological polar surface area (TPSA) is 3.24 Å². The highest BCUT2D eigenvalue weighted by atomic mass is 15.1. The van der Waals surface area contributed by atoms with Gasteiger partial charge >= 0.3 is 0 Å². The number of hydrogen-bond acceptors (Lipinski definition) is 1. The van der Waals surface area contributed by atoms with Crippen molar-refractivity contribution in [2.24, 2.45) is 0 Å². The third kappa shape index (κ3) is 5.28. The number of allylic oxidation sites excluding steroid dienone is 5. The van der Waals surface area contributed by atoms with E-state index in [0.29, 0.717) is 0 Å². The van der Waals surface area contributed by atoms with Crippen LogP contribution in [-0.2, 0) is 16.2 Å². The number of rotatable bonds is 8. The van der Waals surface area contributed by atoms with E-state index in [9.17, 15) is 0 Å². The number of benzene rings is 8. The molecule has 3 aliphatic rings. The Morgan fingerprint density at radius 2 is 0.855 bits per heavy atom. The third-order valence-electron chi connectivity index (χ3n) is 14.4. The highest BCUT2D eigenvalue weighted by Gasteiger charge is 2.47. The molecular formula is C61H49N. The maximum atomic E-state index is 3.97. The van der Waals surface area contributed by atoms with E-state index in [4.69, 9.17) is 0 Å². The summed E-state index contributed by atoms with van der Waals surface area (Å²) >= 11 is 0. The van der Waals surface area contributed by atoms with Gasteiger partial charge in [0.05, 0.1) is 5.41 Å². The highest BCUT2D eigenvalue weighted by Crippen LogP contribution is 2.59. The van der Waals surface area contributed by atoms with Gasteiger partial charge in [0.15, 0.2) is 0 Å². The average molecular weight is 796 g/mol. The predicted octanol–water partition coefficient (Wildman–Crippen LogP) is 15.8. The standard InChI is InChI=1S/C61H49N/c1-6-7-10-21-41(2)61(43-24-13-9-14-25-43)55-31-20-17-28-49(55)52-37-34-46(40-58(52)61)62(44-32-35-50-47-26-15-18-29-53(47)59(3,4)56(50)38-44)45-33-36-51-48-27-16-19-30-54(48)60(5,57(51)39-45)42-22-11-8-12-23-42/h6-40H,1H2,2-5H3/b10-7-,41-21+. The van der Waals surface area contributed by atoms with Crippen LogP contribution in [0.15, 0.2) is 225 Å². The quantitative estimate of drug-likeness (QED) is 0.139. The highest BCUT2D eigenvalue weighted by molar-refractivity contribution is 5.92. The smallest absolute Gasteiger partial charge is 0.0674 e. The Kier molecular flexibility index (Phi) is 8.64. The van der Waals surface area contributed by atoms with Crippen LogP contribution in [0.4, 0.5) is 17.1 Å². The van der Waals surface area contributed by atoms with Crippen molar-refractivity contribution in [1.29, 1.82) is 0 Å². The summed E-state index contributed by atoms with van der Waals surface area (Å²) in [5.74, 6) is 0. The van der Waals surface area contributed by atoms with Crippen molar-refractivity contribution in [3.8, 4) is 33.4 Å². The van der Waals surface area contributed by atoms with Gasteiger partial charge in [0, 0.05) is 27.9 Å². The molecule has 0 spiro atoms. The van der Waals surface area contributed by atoms with Crippen LogP contribution in [0, 0.1) is 0 Å². The van der Waals surface area contributed by atoms with E-state index in [1.165, 1.54) is 83.5 Å². The lowest BCUT2D eigenvalue weighted by Crippen LogP contribution is -2.28. The van der Waals surface area contributed by atoms with Gasteiger partial charge in [-0.3, -0.25) is 0 Å². The first-order valence-electron chi connectivity index (χ1n) is 21.9. The molecule has 8 aromatic rings. The third-order valence-corrected chi connectivity index (χ3v) is 14.4. The van der Waals surface area contributed by atoms with Crippen LogP contribution in [0.2, 0.25) is 0 Å². The molecular weight excluding hydrogens is 747 g/mol. The Hall–Kier alpha value is -7.22. The minimum Gasteiger partial charge on any atom is -0.310 e. The fraction of sp³-hybridized carbons (Fsp3) is 0.115. The summed E-state index contributed by atoms with van der Waals surface area (Å²) in [6.45, 7) is 13.4. The molecule has 298 valence electrons. The zero-order valence-corrected chi connectivity index (χ0v) is 35.9. The summed E-state index contributed by atoms with van der Waals surface area (Å²) in [7, 11) is 0. The van der Waals surface area contributed by atoms with Crippen LogP contribution in [0.1, 0.15) is 72.2 Å². The summed E-state index contributed by atoms with van der Waals surface area (Å²) in [6.07, 6.45) is 8.26. The van der Waals surface area contributed by atoms with Gasteiger partial charge in [-0.25, -0.2) is 0 Å². The van der Waals surface area contributed by atoms with Gasteiger partial charge in [-0.1, -0.05) is 202 Å². The maximum absolute atomic E-state index is 3.97. The second kappa shape index (κ2) is 14.2. The average Bonchev–Trinajstić information content (AvgIpc) is 3.85. The van der Waals surface area contributed by atoms with Gasteiger partial charge in [-0.15, -0.1) is 0 Å². The fourth-order valence-electron chi connectivity index (χ4n) is 11.4. The summed E-state index contributed by atoms with van der Waals surface area (Å²) < 4.78 is 0. The molecule has 11 rings (SSSR count). The van der Waals surface area contributed by atoms with Crippen LogP contribution in [0.25, 0.3) is 33.4 Å². The summed E-state index contributed by atoms with van der Waals surface area (Å²) in [6, 6.07) is 70.6. The first kappa shape index (κ1) is 37.8. The van der Waals surface area contributed by atoms with Crippen molar-refractivity contribution in [2.75, 3.05) is 4.90 Å². The Morgan fingerprint density at radius 3 is 1.47 bits per heavy atom. The van der Waals surface area contributed by atoms with Crippen LogP contribution >= 0.6 is 0 Å². The van der Waals surface area contributed by atoms with Gasteiger partial charge in [-0.2, -0.15) is 0 Å². The van der Waals surface area contributed by atoms with Gasteiger partial charge < -0.3 is 4.90 Å². The molecule has 0 fully saturated rings. The first-order valence-corrected chi connectivity index (χ1v) is 21.9. The zero-order valence-electron chi connectivity index (χ0n) is 35.9. The molecule has 62 heavy (non-hydrogen) atoms. The lowest BCUT2D eigenvalue weighted by Gasteiger charge is -2.35. The maximum Gasteiger partial charge on any atom is 0.0674 e. The van der Waals surface area contributed by atoms with Crippen molar-refractivity contribution in [2.45, 2.75) is 43.9 Å². The van der Waals surface area contributed by atoms with E-state index in [2.05, 4.69) is 239 Å². The predicted molar refractivity (Wildman–Crippen MR) is 261 cm³/mol. The van der Waals surface area contributed by atoms with Crippen molar-refractivity contribution in [3.05, 3.63) is 269 Å². The number of anilines is 3. The number of hydrogen-bond donors (Lipinski definition) is 0. The molecule has 0 saturated carbocycles. The normalized spacial score (nSPS) is 18.7. The Morgan fingerprint density at radius 1 is 0.419 bits per heavy atom. The second-order valence-electron chi connectivity index (χ2n) is 17.9. The molecule has 8 aromatic carbocycles. The van der Waals surface area contributed by atoms with E-state index in [1.807, 2.05) is 12.2 Å². The van der Waals surface area contributed by atoms with E-state index >= 15 is 0 Å². The molecule has 0 aliphatic heterocycles. The molecule has 0 N–H and O–H groups in total. The van der Waals surface area contributed by atoms with E-state index < -0.39 is 5.41 Å². The molecule has 0 amide bonds. The molecule has 0 bridgehead atoms. The molecule has 0 heterocycles. The monoisotopic (exact) mass is 795 g/mol. The van der Waals surface area contributed by atoms with Gasteiger partial charge in [0.2, 0.25) is 0 Å². The van der Waals surface area contributed by atoms with Crippen molar-refractivity contribution >= 4 is 17.1 Å². The Balaban J connectivity index is 1.18. The second-order valence-corrected chi connectivity index (χ2v) is 17.9. The molecule has 2 unspecified atom stereocenters. The molecule has 3 aliphatic carbocycles. The van der Waals surface area contributed by atoms with Crippen LogP contribution in [0.3, 0.4) is 0 Å². The molecule has 0 radical (unpaired) electrons. The van der Waals surface area contributed by atoms with Crippen molar-refractivity contribution < 1.29 is 0 Å². The van der Waals surface area contributed by atoms with Gasteiger partial charge in [0.25, 0.3) is 0 Å². The minimum absolute atomic E-state index is 0.151. The summed E-state index contributed by atoms with van der Waals surface area (Å²) in [5.41, 5.74) is 22.0. The molecule has 1 nitrogen and oxygen atoms in total. The lowest BCUT2D eigenvalue weighted by atomic mass is 9.67. The number of fused-ring (bicyclic) bond motifs is 9. The minimum atomic E-state index is -0.520. The molecule has 0 saturated heterocycles. The van der Waals surface area contributed by atoms with Crippen LogP contribution in [0.5, 0.6) is 0 Å². The largest absolute Gasteiger partial charge is 0.310 e. The van der Waals surface area contributed by atoms with E-state index in [1.54, 1.807) is 0 Å². The van der Waals surface area contributed by atoms with E-state index in [0.717, 1.165) is 17.1 Å². The Bertz CT molecular complexity index is 3150. The van der Waals surface area contributed by atoms with E-state index in [-0.39, 0.29) is 10.8 Å². The lowest BCUT2D eigenvalue weighted by molar-refractivity contribution is 0.660. The van der Waals surface area contributed by atoms with Crippen LogP contribution < -0.4 is 4.90 Å². The summed E-state index contributed by atoms with van der Waals surface area (Å²) in [5, 5.41) is 0. The fourth-order valence-corrected chi connectivity index (χ4v) is 11.4.